The molecule has 0 bridgehead atoms. The predicted molar refractivity (Wildman–Crippen MR) is 176 cm³/mol. The number of aliphatic carboxylic acids is 1. The Hall–Kier alpha value is -2.88. The highest BCUT2D eigenvalue weighted by atomic mass is 16.5. The van der Waals surface area contributed by atoms with Gasteiger partial charge in [0.15, 0.2) is 0 Å². The lowest BCUT2D eigenvalue weighted by Gasteiger charge is -2.21. The van der Waals surface area contributed by atoms with Crippen LogP contribution in [0.15, 0.2) is 48.5 Å². The second-order valence-electron chi connectivity index (χ2n) is 13.2. The first-order valence-corrected chi connectivity index (χ1v) is 16.6. The van der Waals surface area contributed by atoms with E-state index in [0.717, 1.165) is 46.4 Å². The van der Waals surface area contributed by atoms with Crippen molar-refractivity contribution in [2.75, 3.05) is 0 Å². The number of unbranched alkanes of at least 4 members (excludes halogenated alkanes) is 13. The molecule has 3 rings (SSSR count). The minimum atomic E-state index is -0.917. The number of carboxylic acids is 1. The number of carbonyl (C=O) groups is 2. The summed E-state index contributed by atoms with van der Waals surface area (Å²) in [6, 6.07) is 16.3. The molecule has 0 aliphatic rings. The van der Waals surface area contributed by atoms with E-state index in [9.17, 15) is 14.7 Å². The molecule has 42 heavy (non-hydrogen) atoms. The molecule has 1 unspecified atom stereocenters. The van der Waals surface area contributed by atoms with E-state index in [2.05, 4.69) is 52.0 Å². The Kier molecular flexibility index (Phi) is 13.8. The molecule has 4 nitrogen and oxygen atoms in total. The summed E-state index contributed by atoms with van der Waals surface area (Å²) in [5.74, 6) is -1.59. The molecule has 230 valence electrons. The van der Waals surface area contributed by atoms with E-state index < -0.39 is 17.9 Å². The van der Waals surface area contributed by atoms with Gasteiger partial charge in [0, 0.05) is 10.8 Å². The summed E-state index contributed by atoms with van der Waals surface area (Å²) in [6.07, 6.45) is 18.1. The van der Waals surface area contributed by atoms with E-state index in [0.29, 0.717) is 12.2 Å². The van der Waals surface area contributed by atoms with Crippen molar-refractivity contribution < 1.29 is 19.4 Å². The molecule has 1 atom stereocenters. The minimum Gasteiger partial charge on any atom is -0.481 e. The zero-order valence-electron chi connectivity index (χ0n) is 26.7. The lowest BCUT2D eigenvalue weighted by atomic mass is 9.85. The van der Waals surface area contributed by atoms with Gasteiger partial charge < -0.3 is 9.84 Å². The fourth-order valence-electron chi connectivity index (χ4n) is 5.85. The minimum absolute atomic E-state index is 0.0525. The number of benzene rings is 3. The Morgan fingerprint density at radius 1 is 0.714 bits per heavy atom. The van der Waals surface area contributed by atoms with Crippen LogP contribution in [0.4, 0.5) is 0 Å². The topological polar surface area (TPSA) is 63.6 Å². The summed E-state index contributed by atoms with van der Waals surface area (Å²) >= 11 is 0. The van der Waals surface area contributed by atoms with E-state index in [4.69, 9.17) is 4.74 Å². The number of carbonyl (C=O) groups excluding carboxylic acids is 1. The van der Waals surface area contributed by atoms with Gasteiger partial charge in [0.1, 0.15) is 5.75 Å². The average Bonchev–Trinajstić information content (AvgIpc) is 2.95. The molecule has 3 aromatic rings. The fourth-order valence-corrected chi connectivity index (χ4v) is 5.85. The number of rotatable bonds is 19. The van der Waals surface area contributed by atoms with Crippen molar-refractivity contribution in [2.24, 2.45) is 5.92 Å². The van der Waals surface area contributed by atoms with E-state index in [1.165, 1.54) is 70.6 Å². The van der Waals surface area contributed by atoms with Crippen molar-refractivity contribution in [3.63, 3.8) is 0 Å². The number of ether oxygens (including phenoxy) is 1. The molecule has 0 heterocycles. The third kappa shape index (κ3) is 10.7. The van der Waals surface area contributed by atoms with Gasteiger partial charge in [0.25, 0.3) is 0 Å². The molecular weight excluding hydrogens is 520 g/mol. The van der Waals surface area contributed by atoms with Crippen LogP contribution in [0.2, 0.25) is 0 Å². The number of esters is 1. The first-order valence-electron chi connectivity index (χ1n) is 16.6. The van der Waals surface area contributed by atoms with Crippen molar-refractivity contribution in [3.05, 3.63) is 54.1 Å². The maximum Gasteiger partial charge on any atom is 0.312 e. The van der Waals surface area contributed by atoms with E-state index >= 15 is 0 Å². The maximum absolute atomic E-state index is 13.2. The van der Waals surface area contributed by atoms with Crippen LogP contribution in [-0.4, -0.2) is 17.0 Å². The van der Waals surface area contributed by atoms with Gasteiger partial charge in [0.05, 0.1) is 12.3 Å². The fraction of sp³-hybridized carbons (Fsp3) is 0.579. The van der Waals surface area contributed by atoms with Gasteiger partial charge in [-0.3, -0.25) is 9.59 Å². The molecule has 3 aromatic carbocycles. The molecule has 0 saturated carbocycles. The van der Waals surface area contributed by atoms with Crippen LogP contribution in [0.1, 0.15) is 136 Å². The molecule has 0 aliphatic heterocycles. The molecule has 0 radical (unpaired) electrons. The normalized spacial score (nSPS) is 12.6. The van der Waals surface area contributed by atoms with Gasteiger partial charge in [-0.25, -0.2) is 0 Å². The van der Waals surface area contributed by atoms with E-state index in [-0.39, 0.29) is 11.8 Å². The Bertz CT molecular complexity index is 1270. The van der Waals surface area contributed by atoms with Crippen LogP contribution in [-0.2, 0) is 15.0 Å². The zero-order valence-corrected chi connectivity index (χ0v) is 26.7. The van der Waals surface area contributed by atoms with Crippen molar-refractivity contribution in [1.82, 2.24) is 0 Å². The van der Waals surface area contributed by atoms with Gasteiger partial charge in [-0.05, 0) is 40.3 Å². The van der Waals surface area contributed by atoms with Crippen LogP contribution in [0.25, 0.3) is 21.5 Å². The summed E-state index contributed by atoms with van der Waals surface area (Å²) in [5, 5.41) is 13.6. The second-order valence-corrected chi connectivity index (χ2v) is 13.2. The van der Waals surface area contributed by atoms with Crippen LogP contribution in [0, 0.1) is 5.92 Å². The molecule has 0 fully saturated rings. The smallest absolute Gasteiger partial charge is 0.312 e. The molecule has 0 amide bonds. The number of hydrogen-bond donors (Lipinski definition) is 1. The first kappa shape index (κ1) is 33.6. The standard InChI is InChI=1S/C38H54O4/c1-5-6-7-8-9-10-11-12-13-14-15-16-17-18-22-31(37(40)41)27-35(39)42-36-33-23-20-19-21-29(33)26-30-24-25-32(28-34(30)36)38(2,3)4/h19-21,23-26,28,31H,5-18,22,27H2,1-4H3,(H,40,41). The summed E-state index contributed by atoms with van der Waals surface area (Å²) in [6.45, 7) is 8.75. The van der Waals surface area contributed by atoms with Gasteiger partial charge in [-0.2, -0.15) is 0 Å². The van der Waals surface area contributed by atoms with Crippen molar-refractivity contribution >= 4 is 33.5 Å². The number of hydrogen-bond acceptors (Lipinski definition) is 3. The van der Waals surface area contributed by atoms with Crippen LogP contribution >= 0.6 is 0 Å². The monoisotopic (exact) mass is 574 g/mol. The van der Waals surface area contributed by atoms with Crippen molar-refractivity contribution in [2.45, 2.75) is 136 Å². The van der Waals surface area contributed by atoms with Crippen molar-refractivity contribution in [3.8, 4) is 5.75 Å². The zero-order chi connectivity index (χ0) is 30.4. The lowest BCUT2D eigenvalue weighted by molar-refractivity contribution is -0.147. The summed E-state index contributed by atoms with van der Waals surface area (Å²) in [5.41, 5.74) is 1.10. The first-order chi connectivity index (χ1) is 20.2. The van der Waals surface area contributed by atoms with E-state index in [1.54, 1.807) is 0 Å². The third-order valence-corrected chi connectivity index (χ3v) is 8.56. The van der Waals surface area contributed by atoms with Gasteiger partial charge >= 0.3 is 11.9 Å². The molecule has 0 aromatic heterocycles. The quantitative estimate of drug-likeness (QED) is 0.0669. The highest BCUT2D eigenvalue weighted by molar-refractivity contribution is 6.06. The summed E-state index contributed by atoms with van der Waals surface area (Å²) in [7, 11) is 0. The molecule has 0 aliphatic carbocycles. The molecule has 1 N–H and O–H groups in total. The van der Waals surface area contributed by atoms with Gasteiger partial charge in [-0.15, -0.1) is 0 Å². The van der Waals surface area contributed by atoms with E-state index in [1.807, 2.05) is 24.3 Å². The SMILES string of the molecule is CCCCCCCCCCCCCCCCC(CC(=O)Oc1c2ccccc2cc2ccc(C(C)(C)C)cc12)C(=O)O. The largest absolute Gasteiger partial charge is 0.481 e. The van der Waals surface area contributed by atoms with Crippen LogP contribution in [0.5, 0.6) is 5.75 Å². The van der Waals surface area contributed by atoms with Crippen LogP contribution < -0.4 is 4.74 Å². The van der Waals surface area contributed by atoms with Gasteiger partial charge in [-0.1, -0.05) is 154 Å². The molecule has 0 saturated heterocycles. The Morgan fingerprint density at radius 3 is 1.83 bits per heavy atom. The second kappa shape index (κ2) is 17.3. The Labute approximate surface area is 254 Å². The Balaban J connectivity index is 1.48. The maximum atomic E-state index is 13.2. The predicted octanol–water partition coefficient (Wildman–Crippen LogP) is 11.2. The highest BCUT2D eigenvalue weighted by Crippen LogP contribution is 2.38. The lowest BCUT2D eigenvalue weighted by Crippen LogP contribution is -2.21. The molecular formula is C38H54O4. The van der Waals surface area contributed by atoms with Gasteiger partial charge in [0.2, 0.25) is 0 Å². The molecule has 4 heteroatoms. The Morgan fingerprint density at radius 2 is 1.26 bits per heavy atom. The third-order valence-electron chi connectivity index (χ3n) is 8.56. The highest BCUT2D eigenvalue weighted by Gasteiger charge is 2.24. The molecule has 0 spiro atoms. The number of fused-ring (bicyclic) bond motifs is 2. The summed E-state index contributed by atoms with van der Waals surface area (Å²) in [4.78, 5) is 25.2. The summed E-state index contributed by atoms with van der Waals surface area (Å²) < 4.78 is 6.01. The van der Waals surface area contributed by atoms with Crippen LogP contribution in [0.3, 0.4) is 0 Å². The van der Waals surface area contributed by atoms with Crippen molar-refractivity contribution in [1.29, 1.82) is 0 Å². The number of carboxylic acid groups (broad SMARTS) is 1. The average molecular weight is 575 g/mol.